The van der Waals surface area contributed by atoms with Crippen molar-refractivity contribution in [3.05, 3.63) is 94.8 Å². The van der Waals surface area contributed by atoms with E-state index in [1.807, 2.05) is 30.3 Å². The second kappa shape index (κ2) is 7.21. The minimum Gasteiger partial charge on any atom is -0.508 e. The topological polar surface area (TPSA) is 65.8 Å². The summed E-state index contributed by atoms with van der Waals surface area (Å²) in [6, 6.07) is 17.3. The first-order valence-electron chi connectivity index (χ1n) is 8.48. The number of carbonyl (C=O) groups excluding carboxylic acids is 1. The summed E-state index contributed by atoms with van der Waals surface area (Å²) in [5.74, 6) is -0.111. The van der Waals surface area contributed by atoms with Crippen LogP contribution in [0, 0.1) is 0 Å². The second-order valence-electron chi connectivity index (χ2n) is 6.22. The van der Waals surface area contributed by atoms with Crippen LogP contribution in [-0.2, 0) is 0 Å². The van der Waals surface area contributed by atoms with Crippen molar-refractivity contribution in [3.63, 3.8) is 0 Å². The molecule has 2 heterocycles. The lowest BCUT2D eigenvalue weighted by molar-refractivity contribution is 0.0709. The zero-order chi connectivity index (χ0) is 18.8. The number of halogens is 1. The van der Waals surface area contributed by atoms with E-state index in [0.717, 1.165) is 11.3 Å². The summed E-state index contributed by atoms with van der Waals surface area (Å²) in [4.78, 5) is 17.0. The molecule has 0 saturated heterocycles. The second-order valence-corrected chi connectivity index (χ2v) is 6.66. The van der Waals surface area contributed by atoms with Gasteiger partial charge in [0.15, 0.2) is 0 Å². The molecule has 1 amide bonds. The van der Waals surface area contributed by atoms with Gasteiger partial charge >= 0.3 is 0 Å². The van der Waals surface area contributed by atoms with Crippen LogP contribution in [0.2, 0.25) is 5.02 Å². The number of aromatic hydroxyl groups is 1. The fourth-order valence-corrected chi connectivity index (χ4v) is 3.37. The summed E-state index contributed by atoms with van der Waals surface area (Å²) in [5, 5.41) is 16.9. The van der Waals surface area contributed by atoms with Crippen LogP contribution in [-0.4, -0.2) is 26.7 Å². The zero-order valence-corrected chi connectivity index (χ0v) is 15.0. The highest BCUT2D eigenvalue weighted by atomic mass is 35.5. The average molecular weight is 378 g/mol. The molecule has 1 aromatic heterocycles. The number of nitrogens with zero attached hydrogens (tertiary/aromatic N) is 3. The maximum absolute atomic E-state index is 13.1. The third-order valence-corrected chi connectivity index (χ3v) is 4.73. The number of carbonyl (C=O) groups is 1. The Morgan fingerprint density at radius 2 is 1.85 bits per heavy atom. The summed E-state index contributed by atoms with van der Waals surface area (Å²) >= 11 is 6.11. The lowest BCUT2D eigenvalue weighted by Gasteiger charge is -2.22. The molecule has 0 saturated carbocycles. The zero-order valence-electron chi connectivity index (χ0n) is 14.3. The molecule has 0 bridgehead atoms. The third-order valence-electron chi connectivity index (χ3n) is 4.50. The monoisotopic (exact) mass is 377 g/mol. The quantitative estimate of drug-likeness (QED) is 0.734. The van der Waals surface area contributed by atoms with Crippen LogP contribution in [0.1, 0.15) is 33.9 Å². The van der Waals surface area contributed by atoms with Gasteiger partial charge in [-0.2, -0.15) is 5.10 Å². The minimum absolute atomic E-state index is 0.137. The van der Waals surface area contributed by atoms with Gasteiger partial charge in [0.2, 0.25) is 0 Å². The van der Waals surface area contributed by atoms with Crippen LogP contribution in [0.25, 0.3) is 0 Å². The van der Waals surface area contributed by atoms with E-state index in [2.05, 4.69) is 10.1 Å². The molecule has 134 valence electrons. The predicted molar refractivity (Wildman–Crippen MR) is 104 cm³/mol. The van der Waals surface area contributed by atoms with Gasteiger partial charge in [-0.1, -0.05) is 41.9 Å². The van der Waals surface area contributed by atoms with Crippen LogP contribution in [0.5, 0.6) is 5.75 Å². The molecule has 0 radical (unpaired) electrons. The first-order valence-corrected chi connectivity index (χ1v) is 8.86. The number of rotatable bonds is 3. The highest BCUT2D eigenvalue weighted by molar-refractivity contribution is 6.31. The Bertz CT molecular complexity index is 1020. The number of hydrogen-bond donors (Lipinski definition) is 1. The normalized spacial score (nSPS) is 16.3. The van der Waals surface area contributed by atoms with E-state index >= 15 is 0 Å². The molecular weight excluding hydrogens is 362 g/mol. The molecule has 6 heteroatoms. The van der Waals surface area contributed by atoms with Crippen molar-refractivity contribution >= 4 is 23.2 Å². The standard InChI is InChI=1S/C21H16ClN3O2/c22-16-5-3-4-15(12-16)18-13-19(17-6-1-2-7-20(17)26)25(24-18)21(27)14-8-10-23-11-9-14/h1-12,19,26H,13H2/t19-/m1/s1. The van der Waals surface area contributed by atoms with Gasteiger partial charge in [0.1, 0.15) is 5.75 Å². The number of amides is 1. The number of phenolic OH excluding ortho intramolecular Hbond substituents is 1. The fraction of sp³-hybridized carbons (Fsp3) is 0.0952. The number of hydrazone groups is 1. The highest BCUT2D eigenvalue weighted by Gasteiger charge is 2.35. The van der Waals surface area contributed by atoms with E-state index in [1.54, 1.807) is 42.7 Å². The van der Waals surface area contributed by atoms with E-state index in [9.17, 15) is 9.90 Å². The summed E-state index contributed by atoms with van der Waals surface area (Å²) < 4.78 is 0. The first-order chi connectivity index (χ1) is 13.1. The summed E-state index contributed by atoms with van der Waals surface area (Å²) in [6.45, 7) is 0. The van der Waals surface area contributed by atoms with E-state index in [1.165, 1.54) is 5.01 Å². The van der Waals surface area contributed by atoms with Crippen LogP contribution in [0.4, 0.5) is 0 Å². The van der Waals surface area contributed by atoms with Crippen molar-refractivity contribution in [3.8, 4) is 5.75 Å². The SMILES string of the molecule is O=C(c1ccncc1)N1N=C(c2cccc(Cl)c2)C[C@@H]1c1ccccc1O. The molecule has 0 spiro atoms. The maximum atomic E-state index is 13.1. The van der Waals surface area contributed by atoms with Crippen LogP contribution in [0.3, 0.4) is 0 Å². The molecule has 1 aliphatic heterocycles. The molecule has 1 aliphatic rings. The Morgan fingerprint density at radius 1 is 1.07 bits per heavy atom. The lowest BCUT2D eigenvalue weighted by Crippen LogP contribution is -2.27. The maximum Gasteiger partial charge on any atom is 0.274 e. The fourth-order valence-electron chi connectivity index (χ4n) is 3.18. The smallest absolute Gasteiger partial charge is 0.274 e. The van der Waals surface area contributed by atoms with Gasteiger partial charge in [-0.15, -0.1) is 0 Å². The van der Waals surface area contributed by atoms with Crippen molar-refractivity contribution in [1.29, 1.82) is 0 Å². The number of phenols is 1. The average Bonchev–Trinajstić information content (AvgIpc) is 3.13. The molecule has 3 aromatic rings. The van der Waals surface area contributed by atoms with E-state index in [4.69, 9.17) is 11.6 Å². The van der Waals surface area contributed by atoms with E-state index in [-0.39, 0.29) is 11.7 Å². The number of para-hydroxylation sites is 1. The number of pyridine rings is 1. The van der Waals surface area contributed by atoms with Crippen molar-refractivity contribution in [1.82, 2.24) is 9.99 Å². The van der Waals surface area contributed by atoms with Gasteiger partial charge in [0.05, 0.1) is 11.8 Å². The molecule has 1 N–H and O–H groups in total. The predicted octanol–water partition coefficient (Wildman–Crippen LogP) is 4.43. The Balaban J connectivity index is 1.77. The van der Waals surface area contributed by atoms with Crippen LogP contribution < -0.4 is 0 Å². The van der Waals surface area contributed by atoms with Crippen LogP contribution in [0.15, 0.2) is 78.2 Å². The number of hydrogen-bond acceptors (Lipinski definition) is 4. The third kappa shape index (κ3) is 3.41. The molecule has 0 unspecified atom stereocenters. The molecule has 5 nitrogen and oxygen atoms in total. The minimum atomic E-state index is -0.402. The molecule has 0 aliphatic carbocycles. The van der Waals surface area contributed by atoms with Crippen molar-refractivity contribution in [2.45, 2.75) is 12.5 Å². The largest absolute Gasteiger partial charge is 0.508 e. The molecule has 0 fully saturated rings. The lowest BCUT2D eigenvalue weighted by atomic mass is 9.97. The summed E-state index contributed by atoms with van der Waals surface area (Å²) in [6.07, 6.45) is 3.62. The number of aromatic nitrogens is 1. The molecule has 1 atom stereocenters. The van der Waals surface area contributed by atoms with E-state index in [0.29, 0.717) is 22.6 Å². The first kappa shape index (κ1) is 17.2. The van der Waals surface area contributed by atoms with Crippen molar-refractivity contribution in [2.75, 3.05) is 0 Å². The molecular formula is C21H16ClN3O2. The van der Waals surface area contributed by atoms with Gasteiger partial charge < -0.3 is 5.11 Å². The summed E-state index contributed by atoms with van der Waals surface area (Å²) in [7, 11) is 0. The van der Waals surface area contributed by atoms with Crippen LogP contribution >= 0.6 is 11.6 Å². The highest BCUT2D eigenvalue weighted by Crippen LogP contribution is 2.37. The van der Waals surface area contributed by atoms with Gasteiger partial charge in [0.25, 0.3) is 5.91 Å². The van der Waals surface area contributed by atoms with Gasteiger partial charge in [-0.05, 0) is 35.9 Å². The van der Waals surface area contributed by atoms with Crippen molar-refractivity contribution < 1.29 is 9.90 Å². The number of benzene rings is 2. The molecule has 27 heavy (non-hydrogen) atoms. The van der Waals surface area contributed by atoms with Gasteiger partial charge in [0, 0.05) is 35.0 Å². The Kier molecular flexibility index (Phi) is 4.60. The Labute approximate surface area is 161 Å². The molecule has 4 rings (SSSR count). The van der Waals surface area contributed by atoms with Crippen molar-refractivity contribution in [2.24, 2.45) is 5.10 Å². The Hall–Kier alpha value is -3.18. The molecule has 2 aromatic carbocycles. The van der Waals surface area contributed by atoms with Gasteiger partial charge in [-0.25, -0.2) is 5.01 Å². The Morgan fingerprint density at radius 3 is 2.59 bits per heavy atom. The van der Waals surface area contributed by atoms with E-state index < -0.39 is 6.04 Å². The van der Waals surface area contributed by atoms with Gasteiger partial charge in [-0.3, -0.25) is 9.78 Å². The summed E-state index contributed by atoms with van der Waals surface area (Å²) in [5.41, 5.74) is 2.74.